The van der Waals surface area contributed by atoms with E-state index in [1.165, 1.54) is 13.0 Å². The second-order valence-electron chi connectivity index (χ2n) is 8.49. The first-order valence-electron chi connectivity index (χ1n) is 11.3. The first-order chi connectivity index (χ1) is 16.5. The van der Waals surface area contributed by atoms with Crippen molar-refractivity contribution in [3.8, 4) is 5.75 Å². The summed E-state index contributed by atoms with van der Waals surface area (Å²) in [6, 6.07) is 9.73. The topological polar surface area (TPSA) is 105 Å². The molecule has 2 amide bonds. The molecule has 35 heavy (non-hydrogen) atoms. The standard InChI is InChI=1S/C25H27F3N2O5/c1-15-14-18(6-11-21(15)25(26,27)28)23(32)30-13-12-29-22(31)16-2-7-19(8-3-16)35-20-9-4-17(5-10-20)24(33)34/h2-3,6-8,11,14,17,20H,4-5,9-10,12-13H2,1H3,(H,29,31)(H,30,32)(H,33,34)/t17-,20+. The van der Waals surface area contributed by atoms with Gasteiger partial charge in [0, 0.05) is 24.2 Å². The maximum Gasteiger partial charge on any atom is 0.416 e. The summed E-state index contributed by atoms with van der Waals surface area (Å²) >= 11 is 0. The number of carboxylic acids is 1. The molecule has 0 aliphatic heterocycles. The number of aryl methyl sites for hydroxylation is 1. The van der Waals surface area contributed by atoms with Crippen LogP contribution in [0.1, 0.15) is 57.5 Å². The van der Waals surface area contributed by atoms with Crippen LogP contribution >= 0.6 is 0 Å². The van der Waals surface area contributed by atoms with E-state index in [0.29, 0.717) is 37.0 Å². The quantitative estimate of drug-likeness (QED) is 0.479. The number of rotatable bonds is 8. The van der Waals surface area contributed by atoms with Crippen molar-refractivity contribution in [1.82, 2.24) is 10.6 Å². The molecule has 2 aromatic rings. The minimum Gasteiger partial charge on any atom is -0.490 e. The van der Waals surface area contributed by atoms with Crippen LogP contribution in [0, 0.1) is 12.8 Å². The van der Waals surface area contributed by atoms with E-state index in [1.54, 1.807) is 24.3 Å². The average Bonchev–Trinajstić information content (AvgIpc) is 2.81. The van der Waals surface area contributed by atoms with E-state index in [-0.39, 0.29) is 42.1 Å². The maximum absolute atomic E-state index is 12.8. The highest BCUT2D eigenvalue weighted by Crippen LogP contribution is 2.32. The molecule has 0 aromatic heterocycles. The monoisotopic (exact) mass is 492 g/mol. The van der Waals surface area contributed by atoms with Crippen LogP contribution < -0.4 is 15.4 Å². The Labute approximate surface area is 200 Å². The molecule has 0 heterocycles. The minimum atomic E-state index is -4.48. The minimum absolute atomic E-state index is 0.0428. The molecule has 0 unspecified atom stereocenters. The lowest BCUT2D eigenvalue weighted by atomic mass is 9.87. The van der Waals surface area contributed by atoms with E-state index in [1.807, 2.05) is 0 Å². The van der Waals surface area contributed by atoms with E-state index >= 15 is 0 Å². The Morgan fingerprint density at radius 1 is 0.914 bits per heavy atom. The van der Waals surface area contributed by atoms with Gasteiger partial charge in [0.05, 0.1) is 17.6 Å². The number of alkyl halides is 3. The Hall–Kier alpha value is -3.56. The predicted octanol–water partition coefficient (Wildman–Crippen LogP) is 4.20. The SMILES string of the molecule is Cc1cc(C(=O)NCCNC(=O)c2ccc(O[C@H]3CC[C@@H](C(=O)O)CC3)cc2)ccc1C(F)(F)F. The number of hydrogen-bond acceptors (Lipinski definition) is 4. The van der Waals surface area contributed by atoms with Gasteiger partial charge in [0.25, 0.3) is 11.8 Å². The second-order valence-corrected chi connectivity index (χ2v) is 8.49. The Morgan fingerprint density at radius 2 is 1.46 bits per heavy atom. The number of ether oxygens (including phenoxy) is 1. The number of aliphatic carboxylic acids is 1. The lowest BCUT2D eigenvalue weighted by molar-refractivity contribution is -0.143. The van der Waals surface area contributed by atoms with Crippen molar-refractivity contribution in [3.63, 3.8) is 0 Å². The second kappa shape index (κ2) is 11.2. The molecular weight excluding hydrogens is 465 g/mol. The fourth-order valence-corrected chi connectivity index (χ4v) is 3.98. The van der Waals surface area contributed by atoms with Crippen LogP contribution in [0.25, 0.3) is 0 Å². The highest BCUT2D eigenvalue weighted by Gasteiger charge is 2.32. The summed E-state index contributed by atoms with van der Waals surface area (Å²) in [6.07, 6.45) is -2.05. The van der Waals surface area contributed by atoms with Gasteiger partial charge >= 0.3 is 12.1 Å². The number of carboxylic acid groups (broad SMARTS) is 1. The van der Waals surface area contributed by atoms with E-state index in [2.05, 4.69) is 10.6 Å². The summed E-state index contributed by atoms with van der Waals surface area (Å²) in [5.74, 6) is -1.37. The fraction of sp³-hybridized carbons (Fsp3) is 0.400. The highest BCUT2D eigenvalue weighted by molar-refractivity contribution is 5.95. The predicted molar refractivity (Wildman–Crippen MR) is 121 cm³/mol. The van der Waals surface area contributed by atoms with Crippen LogP contribution in [0.3, 0.4) is 0 Å². The van der Waals surface area contributed by atoms with Gasteiger partial charge in [-0.2, -0.15) is 13.2 Å². The van der Waals surface area contributed by atoms with E-state index < -0.39 is 23.6 Å². The van der Waals surface area contributed by atoms with Crippen molar-refractivity contribution in [3.05, 3.63) is 64.7 Å². The molecule has 3 N–H and O–H groups in total. The van der Waals surface area contributed by atoms with E-state index in [4.69, 9.17) is 9.84 Å². The first-order valence-corrected chi connectivity index (χ1v) is 11.3. The molecule has 1 aliphatic carbocycles. The van der Waals surface area contributed by atoms with Gasteiger partial charge in [-0.1, -0.05) is 0 Å². The van der Waals surface area contributed by atoms with Crippen LogP contribution in [0.2, 0.25) is 0 Å². The summed E-state index contributed by atoms with van der Waals surface area (Å²) in [5, 5.41) is 14.3. The molecule has 1 saturated carbocycles. The molecule has 0 atom stereocenters. The van der Waals surface area contributed by atoms with Crippen molar-refractivity contribution in [1.29, 1.82) is 0 Å². The van der Waals surface area contributed by atoms with Crippen molar-refractivity contribution in [2.24, 2.45) is 5.92 Å². The molecule has 0 bridgehead atoms. The van der Waals surface area contributed by atoms with Crippen LogP contribution in [0.5, 0.6) is 5.75 Å². The molecule has 0 spiro atoms. The number of carbonyl (C=O) groups is 3. The summed E-state index contributed by atoms with van der Waals surface area (Å²) in [7, 11) is 0. The van der Waals surface area contributed by atoms with Gasteiger partial charge in [-0.3, -0.25) is 14.4 Å². The molecule has 0 saturated heterocycles. The molecule has 3 rings (SSSR count). The fourth-order valence-electron chi connectivity index (χ4n) is 3.98. The van der Waals surface area contributed by atoms with Crippen molar-refractivity contribution in [2.75, 3.05) is 13.1 Å². The molecule has 2 aromatic carbocycles. The van der Waals surface area contributed by atoms with Crippen molar-refractivity contribution < 1.29 is 37.4 Å². The van der Waals surface area contributed by atoms with Gasteiger partial charge in [0.15, 0.2) is 0 Å². The molecule has 1 fully saturated rings. The normalized spacial score (nSPS) is 17.9. The van der Waals surface area contributed by atoms with Crippen molar-refractivity contribution in [2.45, 2.75) is 44.9 Å². The summed E-state index contributed by atoms with van der Waals surface area (Å²) in [4.78, 5) is 35.5. The van der Waals surface area contributed by atoms with Crippen LogP contribution in [-0.4, -0.2) is 42.1 Å². The van der Waals surface area contributed by atoms with Gasteiger partial charge in [0.2, 0.25) is 0 Å². The maximum atomic E-state index is 12.8. The number of carbonyl (C=O) groups excluding carboxylic acids is 2. The van der Waals surface area contributed by atoms with Crippen LogP contribution in [0.4, 0.5) is 13.2 Å². The van der Waals surface area contributed by atoms with Crippen molar-refractivity contribution >= 4 is 17.8 Å². The Balaban J connectivity index is 1.41. The molecule has 10 heteroatoms. The van der Waals surface area contributed by atoms with Crippen LogP contribution in [-0.2, 0) is 11.0 Å². The zero-order valence-corrected chi connectivity index (χ0v) is 19.2. The largest absolute Gasteiger partial charge is 0.490 e. The van der Waals surface area contributed by atoms with Gasteiger partial charge in [-0.15, -0.1) is 0 Å². The van der Waals surface area contributed by atoms with Crippen LogP contribution in [0.15, 0.2) is 42.5 Å². The van der Waals surface area contributed by atoms with E-state index in [9.17, 15) is 27.6 Å². The van der Waals surface area contributed by atoms with E-state index in [0.717, 1.165) is 12.1 Å². The van der Waals surface area contributed by atoms with Gasteiger partial charge < -0.3 is 20.5 Å². The highest BCUT2D eigenvalue weighted by atomic mass is 19.4. The number of amides is 2. The van der Waals surface area contributed by atoms with Gasteiger partial charge in [-0.05, 0) is 80.6 Å². The number of nitrogens with one attached hydrogen (secondary N) is 2. The first kappa shape index (κ1) is 26.1. The zero-order chi connectivity index (χ0) is 25.6. The molecular formula is C25H27F3N2O5. The lowest BCUT2D eigenvalue weighted by Crippen LogP contribution is -2.34. The number of benzene rings is 2. The smallest absolute Gasteiger partial charge is 0.416 e. The average molecular weight is 492 g/mol. The zero-order valence-electron chi connectivity index (χ0n) is 19.2. The lowest BCUT2D eigenvalue weighted by Gasteiger charge is -2.26. The third-order valence-electron chi connectivity index (χ3n) is 5.93. The Bertz CT molecular complexity index is 1060. The Morgan fingerprint density at radius 3 is 1.97 bits per heavy atom. The third kappa shape index (κ3) is 7.21. The van der Waals surface area contributed by atoms with Gasteiger partial charge in [0.1, 0.15) is 5.75 Å². The molecule has 0 radical (unpaired) electrons. The number of hydrogen-bond donors (Lipinski definition) is 3. The number of halogens is 3. The summed E-state index contributed by atoms with van der Waals surface area (Å²) in [5.41, 5.74) is -0.326. The Kier molecular flexibility index (Phi) is 8.37. The molecule has 7 nitrogen and oxygen atoms in total. The molecule has 188 valence electrons. The third-order valence-corrected chi connectivity index (χ3v) is 5.93. The molecule has 1 aliphatic rings. The summed E-state index contributed by atoms with van der Waals surface area (Å²) in [6.45, 7) is 1.53. The summed E-state index contributed by atoms with van der Waals surface area (Å²) < 4.78 is 44.4. The van der Waals surface area contributed by atoms with Gasteiger partial charge in [-0.25, -0.2) is 0 Å².